The fourth-order valence-electron chi connectivity index (χ4n) is 1.03. The van der Waals surface area contributed by atoms with Gasteiger partial charge in [-0.15, -0.1) is 5.10 Å². The molecule has 0 saturated carbocycles. The molecule has 0 aliphatic heterocycles. The molecule has 2 aromatic heterocycles. The molecule has 0 saturated heterocycles. The lowest BCUT2D eigenvalue weighted by atomic mass is 10.3. The third-order valence-corrected chi connectivity index (χ3v) is 1.62. The van der Waals surface area contributed by atoms with Gasteiger partial charge in [0.15, 0.2) is 0 Å². The van der Waals surface area contributed by atoms with E-state index in [9.17, 15) is 4.79 Å². The molecule has 0 aromatic carbocycles. The molecule has 0 aliphatic rings. The van der Waals surface area contributed by atoms with Gasteiger partial charge in [-0.2, -0.15) is 0 Å². The molecule has 2 heterocycles. The molecule has 1 N–H and O–H groups in total. The number of rotatable bonds is 2. The monoisotopic (exact) mass is 204 g/mol. The molecule has 0 radical (unpaired) electrons. The van der Waals surface area contributed by atoms with Crippen LogP contribution in [-0.2, 0) is 4.79 Å². The molecule has 0 bridgehead atoms. The van der Waals surface area contributed by atoms with Crippen molar-refractivity contribution in [2.45, 2.75) is 6.92 Å². The van der Waals surface area contributed by atoms with Crippen LogP contribution in [0.5, 0.6) is 0 Å². The lowest BCUT2D eigenvalue weighted by Gasteiger charge is -1.92. The Morgan fingerprint density at radius 1 is 1.47 bits per heavy atom. The molecule has 0 aliphatic carbocycles. The van der Waals surface area contributed by atoms with Crippen LogP contribution in [0.4, 0.5) is 6.01 Å². The third kappa shape index (κ3) is 2.16. The minimum Gasteiger partial charge on any atom is -0.403 e. The van der Waals surface area contributed by atoms with Crippen molar-refractivity contribution in [3.63, 3.8) is 0 Å². The largest absolute Gasteiger partial charge is 0.403 e. The van der Waals surface area contributed by atoms with E-state index in [1.807, 2.05) is 0 Å². The average molecular weight is 204 g/mol. The smallest absolute Gasteiger partial charge is 0.322 e. The van der Waals surface area contributed by atoms with E-state index in [1.54, 1.807) is 24.5 Å². The van der Waals surface area contributed by atoms with Crippen LogP contribution in [0.3, 0.4) is 0 Å². The zero-order chi connectivity index (χ0) is 10.7. The Bertz CT molecular complexity index is 466. The molecule has 0 unspecified atom stereocenters. The summed E-state index contributed by atoms with van der Waals surface area (Å²) in [6, 6.07) is 3.64. The maximum Gasteiger partial charge on any atom is 0.322 e. The lowest BCUT2D eigenvalue weighted by Crippen LogP contribution is -2.05. The number of hydrogen-bond acceptors (Lipinski definition) is 5. The second-order valence-electron chi connectivity index (χ2n) is 2.84. The highest BCUT2D eigenvalue weighted by Crippen LogP contribution is 2.17. The van der Waals surface area contributed by atoms with E-state index in [-0.39, 0.29) is 11.9 Å². The number of hydrogen-bond donors (Lipinski definition) is 1. The Morgan fingerprint density at radius 3 is 3.00 bits per heavy atom. The van der Waals surface area contributed by atoms with Gasteiger partial charge in [0.2, 0.25) is 5.91 Å². The first-order chi connectivity index (χ1) is 7.25. The quantitative estimate of drug-likeness (QED) is 0.791. The number of anilines is 1. The van der Waals surface area contributed by atoms with Gasteiger partial charge in [0, 0.05) is 19.3 Å². The first-order valence-electron chi connectivity index (χ1n) is 4.27. The normalized spacial score (nSPS) is 9.93. The predicted octanol–water partition coefficient (Wildman–Crippen LogP) is 1.09. The minimum atomic E-state index is -0.253. The number of carbonyl (C=O) groups excluding carboxylic acids is 1. The molecular weight excluding hydrogens is 196 g/mol. The van der Waals surface area contributed by atoms with E-state index >= 15 is 0 Å². The van der Waals surface area contributed by atoms with E-state index in [2.05, 4.69) is 20.5 Å². The van der Waals surface area contributed by atoms with Crippen LogP contribution in [0, 0.1) is 0 Å². The molecule has 0 fully saturated rings. The second-order valence-corrected chi connectivity index (χ2v) is 2.84. The third-order valence-electron chi connectivity index (χ3n) is 1.62. The summed E-state index contributed by atoms with van der Waals surface area (Å²) >= 11 is 0. The van der Waals surface area contributed by atoms with E-state index in [4.69, 9.17) is 4.42 Å². The Balaban J connectivity index is 2.24. The van der Waals surface area contributed by atoms with Gasteiger partial charge in [0.1, 0.15) is 0 Å². The van der Waals surface area contributed by atoms with Crippen molar-refractivity contribution in [2.24, 2.45) is 0 Å². The van der Waals surface area contributed by atoms with Crippen LogP contribution < -0.4 is 5.32 Å². The summed E-state index contributed by atoms with van der Waals surface area (Å²) in [5.41, 5.74) is 0.710. The highest BCUT2D eigenvalue weighted by Gasteiger charge is 2.08. The molecule has 0 spiro atoms. The van der Waals surface area contributed by atoms with Crippen LogP contribution in [0.25, 0.3) is 11.5 Å². The van der Waals surface area contributed by atoms with Crippen molar-refractivity contribution in [1.29, 1.82) is 0 Å². The number of nitrogens with zero attached hydrogens (tertiary/aromatic N) is 3. The van der Waals surface area contributed by atoms with E-state index in [0.717, 1.165) is 0 Å². The van der Waals surface area contributed by atoms with Gasteiger partial charge in [0.05, 0.1) is 5.56 Å². The summed E-state index contributed by atoms with van der Waals surface area (Å²) in [4.78, 5) is 14.6. The molecule has 6 nitrogen and oxygen atoms in total. The van der Waals surface area contributed by atoms with E-state index in [1.165, 1.54) is 6.92 Å². The summed E-state index contributed by atoms with van der Waals surface area (Å²) in [7, 11) is 0. The maximum absolute atomic E-state index is 10.7. The van der Waals surface area contributed by atoms with Crippen molar-refractivity contribution in [3.05, 3.63) is 24.5 Å². The summed E-state index contributed by atoms with van der Waals surface area (Å²) in [5.74, 6) is 0.0724. The Morgan fingerprint density at radius 2 is 2.33 bits per heavy atom. The lowest BCUT2D eigenvalue weighted by molar-refractivity contribution is -0.114. The van der Waals surface area contributed by atoms with Crippen molar-refractivity contribution >= 4 is 11.9 Å². The molecule has 2 rings (SSSR count). The standard InChI is InChI=1S/C9H8N4O2/c1-6(14)11-9-13-12-8(15-9)7-3-2-4-10-5-7/h2-5H,1H3,(H,11,13,14). The van der Waals surface area contributed by atoms with Crippen LogP contribution in [0.2, 0.25) is 0 Å². The fraction of sp³-hybridized carbons (Fsp3) is 0.111. The SMILES string of the molecule is CC(=O)Nc1nnc(-c2cccnc2)o1. The first kappa shape index (κ1) is 9.32. The van der Waals surface area contributed by atoms with Gasteiger partial charge >= 0.3 is 6.01 Å². The van der Waals surface area contributed by atoms with Gasteiger partial charge in [-0.25, -0.2) is 0 Å². The van der Waals surface area contributed by atoms with Gasteiger partial charge in [-0.1, -0.05) is 5.10 Å². The highest BCUT2D eigenvalue weighted by molar-refractivity contribution is 5.86. The maximum atomic E-state index is 10.7. The topological polar surface area (TPSA) is 80.9 Å². The van der Waals surface area contributed by atoms with Crippen LogP contribution in [-0.4, -0.2) is 21.1 Å². The van der Waals surface area contributed by atoms with E-state index in [0.29, 0.717) is 11.5 Å². The molecule has 0 atom stereocenters. The molecule has 15 heavy (non-hydrogen) atoms. The fourth-order valence-corrected chi connectivity index (χ4v) is 1.03. The Kier molecular flexibility index (Phi) is 2.40. The average Bonchev–Trinajstić information content (AvgIpc) is 2.67. The number of pyridine rings is 1. The van der Waals surface area contributed by atoms with Crippen LogP contribution in [0.15, 0.2) is 28.9 Å². The molecule has 6 heteroatoms. The first-order valence-corrected chi connectivity index (χ1v) is 4.27. The number of amides is 1. The van der Waals surface area contributed by atoms with Crippen LogP contribution in [0.1, 0.15) is 6.92 Å². The van der Waals surface area contributed by atoms with E-state index < -0.39 is 0 Å². The minimum absolute atomic E-state index is 0.0846. The zero-order valence-corrected chi connectivity index (χ0v) is 7.97. The molecular formula is C9H8N4O2. The summed E-state index contributed by atoms with van der Waals surface area (Å²) in [6.45, 7) is 1.37. The summed E-state index contributed by atoms with van der Waals surface area (Å²) in [5, 5.41) is 9.82. The van der Waals surface area contributed by atoms with Gasteiger partial charge < -0.3 is 4.42 Å². The summed E-state index contributed by atoms with van der Waals surface area (Å²) in [6.07, 6.45) is 3.25. The number of nitrogens with one attached hydrogen (secondary N) is 1. The predicted molar refractivity (Wildman–Crippen MR) is 51.8 cm³/mol. The van der Waals surface area contributed by atoms with Gasteiger partial charge in [-0.3, -0.25) is 15.1 Å². The van der Waals surface area contributed by atoms with Crippen molar-refractivity contribution in [2.75, 3.05) is 5.32 Å². The van der Waals surface area contributed by atoms with Crippen molar-refractivity contribution < 1.29 is 9.21 Å². The van der Waals surface area contributed by atoms with Crippen LogP contribution >= 0.6 is 0 Å². The highest BCUT2D eigenvalue weighted by atomic mass is 16.4. The second kappa shape index (κ2) is 3.87. The van der Waals surface area contributed by atoms with Gasteiger partial charge in [0.25, 0.3) is 5.89 Å². The zero-order valence-electron chi connectivity index (χ0n) is 7.97. The van der Waals surface area contributed by atoms with Gasteiger partial charge in [-0.05, 0) is 12.1 Å². The molecule has 1 amide bonds. The Hall–Kier alpha value is -2.24. The molecule has 2 aromatic rings. The summed E-state index contributed by atoms with van der Waals surface area (Å²) < 4.78 is 5.19. The van der Waals surface area contributed by atoms with Crippen molar-refractivity contribution in [1.82, 2.24) is 15.2 Å². The number of aromatic nitrogens is 3. The number of carbonyl (C=O) groups is 1. The van der Waals surface area contributed by atoms with Crippen molar-refractivity contribution in [3.8, 4) is 11.5 Å². The Labute approximate surface area is 85.4 Å². The molecule has 76 valence electrons.